The Hall–Kier alpha value is -1.09. The summed E-state index contributed by atoms with van der Waals surface area (Å²) in [4.78, 5) is 6.59. The van der Waals surface area contributed by atoms with E-state index in [0.717, 1.165) is 44.1 Å². The fourth-order valence-corrected chi connectivity index (χ4v) is 2.80. The van der Waals surface area contributed by atoms with Crippen molar-refractivity contribution in [1.82, 2.24) is 10.6 Å². The average Bonchev–Trinajstić information content (AvgIpc) is 2.64. The third kappa shape index (κ3) is 7.65. The third-order valence-corrected chi connectivity index (χ3v) is 4.20. The van der Waals surface area contributed by atoms with E-state index in [0.29, 0.717) is 25.4 Å². The van der Waals surface area contributed by atoms with Gasteiger partial charge < -0.3 is 20.3 Å². The molecule has 0 aromatic heterocycles. The van der Waals surface area contributed by atoms with E-state index in [-0.39, 0.29) is 29.8 Å². The van der Waals surface area contributed by atoms with Crippen LogP contribution in [0.1, 0.15) is 38.7 Å². The number of rotatable bonds is 8. The van der Waals surface area contributed by atoms with Gasteiger partial charge in [-0.1, -0.05) is 25.8 Å². The van der Waals surface area contributed by atoms with Crippen molar-refractivity contribution in [2.75, 3.05) is 44.3 Å². The second-order valence-corrected chi connectivity index (χ2v) is 6.21. The van der Waals surface area contributed by atoms with Gasteiger partial charge >= 0.3 is 0 Å². The zero-order valence-electron chi connectivity index (χ0n) is 15.9. The molecular formula is C19H32FIN4O. The number of nitrogens with one attached hydrogen (secondary N) is 2. The van der Waals surface area contributed by atoms with Crippen molar-refractivity contribution in [3.63, 3.8) is 0 Å². The number of hydrogen-bond acceptors (Lipinski definition) is 3. The van der Waals surface area contributed by atoms with Gasteiger partial charge in [0.1, 0.15) is 5.82 Å². The molecular weight excluding hydrogens is 446 g/mol. The minimum absolute atomic E-state index is 0. The van der Waals surface area contributed by atoms with Crippen molar-refractivity contribution in [1.29, 1.82) is 0 Å². The van der Waals surface area contributed by atoms with E-state index in [9.17, 15) is 4.39 Å². The van der Waals surface area contributed by atoms with Crippen molar-refractivity contribution in [2.24, 2.45) is 4.99 Å². The molecule has 0 spiro atoms. The highest BCUT2D eigenvalue weighted by atomic mass is 127. The van der Waals surface area contributed by atoms with E-state index in [4.69, 9.17) is 4.74 Å². The van der Waals surface area contributed by atoms with Gasteiger partial charge in [0.15, 0.2) is 5.96 Å². The Kier molecular flexibility index (Phi) is 11.6. The van der Waals surface area contributed by atoms with Crippen molar-refractivity contribution < 1.29 is 9.13 Å². The molecule has 0 aliphatic carbocycles. The Balaban J connectivity index is 0.00000338. The zero-order chi connectivity index (χ0) is 17.9. The highest BCUT2D eigenvalue weighted by molar-refractivity contribution is 14.0. The van der Waals surface area contributed by atoms with Gasteiger partial charge in [-0.05, 0) is 31.0 Å². The highest BCUT2D eigenvalue weighted by Gasteiger charge is 2.15. The van der Waals surface area contributed by atoms with Crippen LogP contribution in [0.25, 0.3) is 0 Å². The summed E-state index contributed by atoms with van der Waals surface area (Å²) in [5.41, 5.74) is 1.53. The van der Waals surface area contributed by atoms with Gasteiger partial charge in [0.05, 0.1) is 25.4 Å². The maximum absolute atomic E-state index is 14.4. The minimum atomic E-state index is -0.185. The van der Waals surface area contributed by atoms with Gasteiger partial charge in [0.2, 0.25) is 0 Å². The number of unbranched alkanes of at least 4 members (excludes halogenated alkanes) is 2. The molecule has 5 nitrogen and oxygen atoms in total. The smallest absolute Gasteiger partial charge is 0.191 e. The van der Waals surface area contributed by atoms with Crippen molar-refractivity contribution in [3.8, 4) is 0 Å². The molecule has 0 atom stereocenters. The second-order valence-electron chi connectivity index (χ2n) is 6.21. The first-order valence-corrected chi connectivity index (χ1v) is 9.38. The lowest BCUT2D eigenvalue weighted by molar-refractivity contribution is 0.122. The molecule has 0 unspecified atom stereocenters. The summed E-state index contributed by atoms with van der Waals surface area (Å²) < 4.78 is 19.8. The maximum Gasteiger partial charge on any atom is 0.191 e. The monoisotopic (exact) mass is 478 g/mol. The number of guanidine groups is 1. The number of morpholine rings is 1. The fourth-order valence-electron chi connectivity index (χ4n) is 2.80. The lowest BCUT2D eigenvalue weighted by Gasteiger charge is -2.29. The molecule has 7 heteroatoms. The molecule has 1 heterocycles. The number of halogens is 2. The van der Waals surface area contributed by atoms with E-state index in [1.54, 1.807) is 6.07 Å². The van der Waals surface area contributed by atoms with Crippen molar-refractivity contribution in [2.45, 2.75) is 39.7 Å². The molecule has 2 N–H and O–H groups in total. The van der Waals surface area contributed by atoms with Crippen LogP contribution < -0.4 is 15.5 Å². The molecule has 148 valence electrons. The predicted octanol–water partition coefficient (Wildman–Crippen LogP) is 3.53. The molecule has 1 aromatic carbocycles. The van der Waals surface area contributed by atoms with E-state index < -0.39 is 0 Å². The lowest BCUT2D eigenvalue weighted by atomic mass is 10.1. The van der Waals surface area contributed by atoms with Gasteiger partial charge in [-0.3, -0.25) is 0 Å². The van der Waals surface area contributed by atoms with Crippen molar-refractivity contribution >= 4 is 35.6 Å². The molecule has 0 amide bonds. The Morgan fingerprint density at radius 1 is 1.19 bits per heavy atom. The fraction of sp³-hybridized carbons (Fsp3) is 0.632. The van der Waals surface area contributed by atoms with Gasteiger partial charge in [0, 0.05) is 26.2 Å². The summed E-state index contributed by atoms with van der Waals surface area (Å²) in [5, 5.41) is 6.56. The normalized spacial score (nSPS) is 14.7. The summed E-state index contributed by atoms with van der Waals surface area (Å²) in [6.45, 7) is 9.19. The van der Waals surface area contributed by atoms with E-state index >= 15 is 0 Å². The summed E-state index contributed by atoms with van der Waals surface area (Å²) in [5.74, 6) is 0.603. The molecule has 1 aliphatic heterocycles. The number of aliphatic imine (C=N–C) groups is 1. The molecule has 26 heavy (non-hydrogen) atoms. The zero-order valence-corrected chi connectivity index (χ0v) is 18.2. The number of benzene rings is 1. The quantitative estimate of drug-likeness (QED) is 0.260. The van der Waals surface area contributed by atoms with Crippen LogP contribution in [0.3, 0.4) is 0 Å². The SMILES string of the molecule is CCCCCNC(=NCc1ccc(N2CCOCC2)c(F)c1)NCC.I. The van der Waals surface area contributed by atoms with Gasteiger partial charge in [0.25, 0.3) is 0 Å². The Bertz CT molecular complexity index is 550. The maximum atomic E-state index is 14.4. The number of nitrogens with zero attached hydrogens (tertiary/aromatic N) is 2. The molecule has 1 saturated heterocycles. The number of anilines is 1. The molecule has 2 rings (SSSR count). The largest absolute Gasteiger partial charge is 0.378 e. The topological polar surface area (TPSA) is 48.9 Å². The first-order valence-electron chi connectivity index (χ1n) is 9.38. The van der Waals surface area contributed by atoms with Crippen LogP contribution >= 0.6 is 24.0 Å². The second kappa shape index (κ2) is 13.1. The molecule has 0 radical (unpaired) electrons. The van der Waals surface area contributed by atoms with Crippen LogP contribution in [0.15, 0.2) is 23.2 Å². The predicted molar refractivity (Wildman–Crippen MR) is 117 cm³/mol. The standard InChI is InChI=1S/C19H31FN4O.HI/c1-3-5-6-9-22-19(21-4-2)23-15-16-7-8-18(17(20)14-16)24-10-12-25-13-11-24;/h7-8,14H,3-6,9-13,15H2,1-2H3,(H2,21,22,23);1H. The minimum Gasteiger partial charge on any atom is -0.378 e. The van der Waals surface area contributed by atoms with E-state index in [2.05, 4.69) is 22.5 Å². The number of ether oxygens (including phenoxy) is 1. The molecule has 1 fully saturated rings. The first kappa shape index (κ1) is 23.0. The van der Waals surface area contributed by atoms with Crippen LogP contribution in [0, 0.1) is 5.82 Å². The van der Waals surface area contributed by atoms with Crippen LogP contribution in [-0.4, -0.2) is 45.4 Å². The molecule has 1 aliphatic rings. The first-order chi connectivity index (χ1) is 12.2. The highest BCUT2D eigenvalue weighted by Crippen LogP contribution is 2.21. The number of hydrogen-bond donors (Lipinski definition) is 2. The lowest BCUT2D eigenvalue weighted by Crippen LogP contribution is -2.37. The Morgan fingerprint density at radius 2 is 1.96 bits per heavy atom. The molecule has 0 saturated carbocycles. The van der Waals surface area contributed by atoms with Gasteiger partial charge in [-0.2, -0.15) is 0 Å². The summed E-state index contributed by atoms with van der Waals surface area (Å²) >= 11 is 0. The van der Waals surface area contributed by atoms with Crippen LogP contribution in [0.4, 0.5) is 10.1 Å². The average molecular weight is 478 g/mol. The van der Waals surface area contributed by atoms with Crippen LogP contribution in [-0.2, 0) is 11.3 Å². The van der Waals surface area contributed by atoms with Crippen LogP contribution in [0.2, 0.25) is 0 Å². The van der Waals surface area contributed by atoms with Gasteiger partial charge in [-0.25, -0.2) is 9.38 Å². The van der Waals surface area contributed by atoms with E-state index in [1.807, 2.05) is 24.0 Å². The Labute approximate surface area is 173 Å². The summed E-state index contributed by atoms with van der Waals surface area (Å²) in [7, 11) is 0. The Morgan fingerprint density at radius 3 is 2.62 bits per heavy atom. The van der Waals surface area contributed by atoms with Gasteiger partial charge in [-0.15, -0.1) is 24.0 Å². The van der Waals surface area contributed by atoms with E-state index in [1.165, 1.54) is 12.8 Å². The van der Waals surface area contributed by atoms with Crippen molar-refractivity contribution in [3.05, 3.63) is 29.6 Å². The molecule has 0 bridgehead atoms. The summed E-state index contributed by atoms with van der Waals surface area (Å²) in [6.07, 6.45) is 3.54. The molecule has 1 aromatic rings. The van der Waals surface area contributed by atoms with Crippen LogP contribution in [0.5, 0.6) is 0 Å². The third-order valence-electron chi connectivity index (χ3n) is 4.20. The summed E-state index contributed by atoms with van der Waals surface area (Å²) in [6, 6.07) is 5.40.